The number of aromatic nitrogens is 2. The van der Waals surface area contributed by atoms with E-state index in [-0.39, 0.29) is 6.04 Å². The summed E-state index contributed by atoms with van der Waals surface area (Å²) >= 11 is 1.62. The number of hydrogen-bond acceptors (Lipinski definition) is 4. The number of nitrogens with one attached hydrogen (secondary N) is 1. The summed E-state index contributed by atoms with van der Waals surface area (Å²) in [5.41, 5.74) is 0. The van der Waals surface area contributed by atoms with Gasteiger partial charge in [0.2, 0.25) is 0 Å². The molecular weight excluding hydrogens is 218 g/mol. The largest absolute Gasteiger partial charge is 0.366 e. The highest BCUT2D eigenvalue weighted by molar-refractivity contribution is 7.16. The lowest BCUT2D eigenvalue weighted by molar-refractivity contribution is 0.712. The molecule has 3 nitrogen and oxygen atoms in total. The molecule has 4 heteroatoms. The molecule has 1 unspecified atom stereocenters. The maximum atomic E-state index is 5.33. The Bertz CT molecular complexity index is 512. The summed E-state index contributed by atoms with van der Waals surface area (Å²) in [5, 5.41) is 6.46. The van der Waals surface area contributed by atoms with Gasteiger partial charge >= 0.3 is 0 Å². The first-order chi connectivity index (χ1) is 7.85. The van der Waals surface area contributed by atoms with Crippen molar-refractivity contribution >= 4 is 27.4 Å². The minimum Gasteiger partial charge on any atom is -0.366 e. The van der Waals surface area contributed by atoms with Crippen molar-refractivity contribution in [2.45, 2.75) is 25.8 Å². The van der Waals surface area contributed by atoms with Gasteiger partial charge in [-0.3, -0.25) is 0 Å². The van der Waals surface area contributed by atoms with Crippen molar-refractivity contribution in [2.75, 3.05) is 5.32 Å². The van der Waals surface area contributed by atoms with Crippen LogP contribution in [-0.2, 0) is 0 Å². The molecule has 2 heterocycles. The van der Waals surface area contributed by atoms with Gasteiger partial charge in [-0.25, -0.2) is 9.97 Å². The van der Waals surface area contributed by atoms with E-state index in [0.717, 1.165) is 22.5 Å². The summed E-state index contributed by atoms with van der Waals surface area (Å²) in [6, 6.07) is 2.31. The molecule has 16 heavy (non-hydrogen) atoms. The topological polar surface area (TPSA) is 37.8 Å². The summed E-state index contributed by atoms with van der Waals surface area (Å²) in [5.74, 6) is 3.56. The van der Waals surface area contributed by atoms with E-state index in [1.807, 2.05) is 11.4 Å². The van der Waals surface area contributed by atoms with Crippen molar-refractivity contribution < 1.29 is 0 Å². The van der Waals surface area contributed by atoms with E-state index in [0.29, 0.717) is 6.42 Å². The van der Waals surface area contributed by atoms with Crippen LogP contribution in [0.3, 0.4) is 0 Å². The average molecular weight is 231 g/mol. The van der Waals surface area contributed by atoms with Gasteiger partial charge in [0.15, 0.2) is 0 Å². The number of nitrogens with zero attached hydrogens (tertiary/aromatic N) is 2. The molecule has 2 aromatic heterocycles. The van der Waals surface area contributed by atoms with Crippen LogP contribution in [0.5, 0.6) is 0 Å². The molecule has 0 radical (unpaired) electrons. The van der Waals surface area contributed by atoms with Crippen molar-refractivity contribution in [2.24, 2.45) is 0 Å². The number of terminal acetylenes is 1. The molecule has 2 rings (SSSR count). The van der Waals surface area contributed by atoms with E-state index in [4.69, 9.17) is 6.42 Å². The second-order valence-corrected chi connectivity index (χ2v) is 4.41. The Morgan fingerprint density at radius 2 is 2.44 bits per heavy atom. The van der Waals surface area contributed by atoms with Crippen LogP contribution in [0.15, 0.2) is 17.8 Å². The van der Waals surface area contributed by atoms with Gasteiger partial charge in [-0.15, -0.1) is 23.7 Å². The van der Waals surface area contributed by atoms with Crippen LogP contribution >= 0.6 is 11.3 Å². The minimum absolute atomic E-state index is 0.281. The lowest BCUT2D eigenvalue weighted by atomic mass is 10.1. The SMILES string of the molecule is C#CCC(CC)Nc1ncnc2sccc12. The Kier molecular flexibility index (Phi) is 3.37. The number of rotatable bonds is 4. The highest BCUT2D eigenvalue weighted by atomic mass is 32.1. The molecule has 0 aromatic carbocycles. The Morgan fingerprint density at radius 1 is 1.56 bits per heavy atom. The molecule has 2 aromatic rings. The Labute approximate surface area is 98.9 Å². The molecule has 1 atom stereocenters. The van der Waals surface area contributed by atoms with E-state index in [9.17, 15) is 0 Å². The first kappa shape index (κ1) is 10.9. The molecule has 0 saturated carbocycles. The molecule has 0 aliphatic rings. The normalized spacial score (nSPS) is 12.2. The lowest BCUT2D eigenvalue weighted by Crippen LogP contribution is -2.18. The van der Waals surface area contributed by atoms with Gasteiger partial charge in [-0.05, 0) is 17.9 Å². The van der Waals surface area contributed by atoms with Gasteiger partial charge < -0.3 is 5.32 Å². The van der Waals surface area contributed by atoms with E-state index in [2.05, 4.69) is 28.1 Å². The molecule has 0 spiro atoms. The summed E-state index contributed by atoms with van der Waals surface area (Å²) in [6.45, 7) is 2.11. The Hall–Kier alpha value is -1.60. The number of fused-ring (bicyclic) bond motifs is 1. The van der Waals surface area contributed by atoms with Crippen molar-refractivity contribution in [1.82, 2.24) is 9.97 Å². The fourth-order valence-corrected chi connectivity index (χ4v) is 2.27. The van der Waals surface area contributed by atoms with E-state index in [1.54, 1.807) is 17.7 Å². The zero-order valence-electron chi connectivity index (χ0n) is 9.10. The first-order valence-electron chi connectivity index (χ1n) is 5.23. The van der Waals surface area contributed by atoms with Crippen LogP contribution in [0.1, 0.15) is 19.8 Å². The first-order valence-corrected chi connectivity index (χ1v) is 6.11. The van der Waals surface area contributed by atoms with Crippen LogP contribution in [0.25, 0.3) is 10.2 Å². The zero-order valence-corrected chi connectivity index (χ0v) is 9.92. The van der Waals surface area contributed by atoms with Gasteiger partial charge in [0.1, 0.15) is 17.0 Å². The predicted molar refractivity (Wildman–Crippen MR) is 68.6 cm³/mol. The maximum Gasteiger partial charge on any atom is 0.138 e. The molecule has 0 aliphatic carbocycles. The van der Waals surface area contributed by atoms with Gasteiger partial charge in [0, 0.05) is 12.5 Å². The van der Waals surface area contributed by atoms with Crippen molar-refractivity contribution in [3.8, 4) is 12.3 Å². The van der Waals surface area contributed by atoms with Gasteiger partial charge in [-0.1, -0.05) is 6.92 Å². The summed E-state index contributed by atoms with van der Waals surface area (Å²) in [6.07, 6.45) is 8.62. The molecule has 82 valence electrons. The van der Waals surface area contributed by atoms with E-state index in [1.165, 1.54) is 0 Å². The fourth-order valence-electron chi connectivity index (χ4n) is 1.54. The predicted octanol–water partition coefficient (Wildman–Crippen LogP) is 2.91. The van der Waals surface area contributed by atoms with Crippen LogP contribution in [0, 0.1) is 12.3 Å². The highest BCUT2D eigenvalue weighted by Crippen LogP contribution is 2.24. The molecule has 0 saturated heterocycles. The molecule has 0 aliphatic heterocycles. The van der Waals surface area contributed by atoms with Crippen molar-refractivity contribution in [1.29, 1.82) is 0 Å². The Balaban J connectivity index is 2.26. The summed E-state index contributed by atoms with van der Waals surface area (Å²) in [4.78, 5) is 9.48. The second-order valence-electron chi connectivity index (χ2n) is 3.52. The molecule has 0 fully saturated rings. The van der Waals surface area contributed by atoms with Crippen LogP contribution in [0.2, 0.25) is 0 Å². The third-order valence-electron chi connectivity index (χ3n) is 2.46. The quantitative estimate of drug-likeness (QED) is 0.822. The number of thiophene rings is 1. The third-order valence-corrected chi connectivity index (χ3v) is 3.28. The lowest BCUT2D eigenvalue weighted by Gasteiger charge is -2.15. The van der Waals surface area contributed by atoms with Crippen molar-refractivity contribution in [3.05, 3.63) is 17.8 Å². The third kappa shape index (κ3) is 2.15. The molecule has 0 amide bonds. The summed E-state index contributed by atoms with van der Waals surface area (Å²) < 4.78 is 0. The monoisotopic (exact) mass is 231 g/mol. The number of anilines is 1. The van der Waals surface area contributed by atoms with Gasteiger partial charge in [0.25, 0.3) is 0 Å². The standard InChI is InChI=1S/C12H13N3S/c1-3-5-9(4-2)15-11-10-6-7-16-12(10)14-8-13-11/h1,6-9H,4-5H2,2H3,(H,13,14,15). The van der Waals surface area contributed by atoms with Crippen LogP contribution in [-0.4, -0.2) is 16.0 Å². The smallest absolute Gasteiger partial charge is 0.138 e. The van der Waals surface area contributed by atoms with Gasteiger partial charge in [0.05, 0.1) is 5.39 Å². The summed E-state index contributed by atoms with van der Waals surface area (Å²) in [7, 11) is 0. The highest BCUT2D eigenvalue weighted by Gasteiger charge is 2.09. The van der Waals surface area contributed by atoms with Crippen molar-refractivity contribution in [3.63, 3.8) is 0 Å². The number of hydrogen-bond donors (Lipinski definition) is 1. The molecular formula is C12H13N3S. The molecule has 1 N–H and O–H groups in total. The molecule has 0 bridgehead atoms. The maximum absolute atomic E-state index is 5.33. The fraction of sp³-hybridized carbons (Fsp3) is 0.333. The van der Waals surface area contributed by atoms with E-state index >= 15 is 0 Å². The van der Waals surface area contributed by atoms with Crippen LogP contribution < -0.4 is 5.32 Å². The zero-order chi connectivity index (χ0) is 11.4. The van der Waals surface area contributed by atoms with Gasteiger partial charge in [-0.2, -0.15) is 0 Å². The second kappa shape index (κ2) is 4.95. The van der Waals surface area contributed by atoms with Crippen LogP contribution in [0.4, 0.5) is 5.82 Å². The van der Waals surface area contributed by atoms with E-state index < -0.39 is 0 Å². The average Bonchev–Trinajstić information content (AvgIpc) is 2.77. The minimum atomic E-state index is 0.281. The Morgan fingerprint density at radius 3 is 3.19 bits per heavy atom.